The van der Waals surface area contributed by atoms with Crippen molar-refractivity contribution in [2.24, 2.45) is 5.92 Å². The largest absolute Gasteiger partial charge is 0.481 e. The molecule has 0 aliphatic carbocycles. The number of carbonyl (C=O) groups is 2. The second kappa shape index (κ2) is 7.22. The molecule has 19 heavy (non-hydrogen) atoms. The van der Waals surface area contributed by atoms with Crippen molar-refractivity contribution in [2.75, 3.05) is 0 Å². The van der Waals surface area contributed by atoms with Crippen molar-refractivity contribution >= 4 is 11.9 Å². The molecule has 0 aliphatic heterocycles. The van der Waals surface area contributed by atoms with Crippen LogP contribution in [0.1, 0.15) is 25.8 Å². The van der Waals surface area contributed by atoms with Crippen LogP contribution in [0, 0.1) is 17.8 Å². The lowest BCUT2D eigenvalue weighted by molar-refractivity contribution is -0.138. The molecule has 4 nitrogen and oxygen atoms in total. The van der Waals surface area contributed by atoms with Gasteiger partial charge in [-0.05, 0) is 18.1 Å². The Hall–Kier alpha value is -2.28. The molecule has 0 saturated heterocycles. The fraction of sp³-hybridized carbons (Fsp3) is 0.333. The van der Waals surface area contributed by atoms with E-state index in [4.69, 9.17) is 5.11 Å². The number of amides is 1. The van der Waals surface area contributed by atoms with Gasteiger partial charge in [-0.25, -0.2) is 0 Å². The Morgan fingerprint density at radius 3 is 2.42 bits per heavy atom. The van der Waals surface area contributed by atoms with Crippen LogP contribution in [-0.4, -0.2) is 23.0 Å². The van der Waals surface area contributed by atoms with Crippen LogP contribution < -0.4 is 5.32 Å². The van der Waals surface area contributed by atoms with Gasteiger partial charge >= 0.3 is 5.97 Å². The van der Waals surface area contributed by atoms with Crippen LogP contribution in [-0.2, 0) is 9.59 Å². The van der Waals surface area contributed by atoms with E-state index < -0.39 is 17.9 Å². The summed E-state index contributed by atoms with van der Waals surface area (Å²) >= 11 is 0. The van der Waals surface area contributed by atoms with Crippen molar-refractivity contribution < 1.29 is 14.7 Å². The van der Waals surface area contributed by atoms with E-state index in [9.17, 15) is 9.59 Å². The molecule has 4 heteroatoms. The fourth-order valence-electron chi connectivity index (χ4n) is 1.50. The minimum atomic E-state index is -0.935. The zero-order valence-corrected chi connectivity index (χ0v) is 11.0. The Bertz CT molecular complexity index is 497. The van der Waals surface area contributed by atoms with Crippen molar-refractivity contribution in [1.82, 2.24) is 5.32 Å². The van der Waals surface area contributed by atoms with Crippen LogP contribution in [0.5, 0.6) is 0 Å². The average molecular weight is 259 g/mol. The molecule has 100 valence electrons. The molecule has 0 fully saturated rings. The van der Waals surface area contributed by atoms with Crippen molar-refractivity contribution in [1.29, 1.82) is 0 Å². The van der Waals surface area contributed by atoms with E-state index in [-0.39, 0.29) is 12.3 Å². The summed E-state index contributed by atoms with van der Waals surface area (Å²) in [5.41, 5.74) is 0.747. The molecule has 1 rings (SSSR count). The van der Waals surface area contributed by atoms with Crippen LogP contribution >= 0.6 is 0 Å². The predicted octanol–water partition coefficient (Wildman–Crippen LogP) is 1.65. The Balaban J connectivity index is 2.63. The minimum absolute atomic E-state index is 0.0403. The number of hydrogen-bond donors (Lipinski definition) is 2. The molecule has 1 aromatic rings. The Morgan fingerprint density at radius 2 is 1.89 bits per heavy atom. The Labute approximate surface area is 112 Å². The molecule has 0 heterocycles. The second-order valence-corrected chi connectivity index (χ2v) is 4.54. The van der Waals surface area contributed by atoms with Crippen LogP contribution in [0.15, 0.2) is 30.3 Å². The highest BCUT2D eigenvalue weighted by Crippen LogP contribution is 2.05. The van der Waals surface area contributed by atoms with Gasteiger partial charge in [0.25, 0.3) is 5.91 Å². The lowest BCUT2D eigenvalue weighted by Crippen LogP contribution is -2.39. The molecule has 1 atom stereocenters. The number of hydrogen-bond acceptors (Lipinski definition) is 2. The van der Waals surface area contributed by atoms with E-state index in [0.29, 0.717) is 0 Å². The van der Waals surface area contributed by atoms with Gasteiger partial charge < -0.3 is 10.4 Å². The van der Waals surface area contributed by atoms with E-state index in [1.54, 1.807) is 12.1 Å². The summed E-state index contributed by atoms with van der Waals surface area (Å²) in [6.07, 6.45) is -0.101. The highest BCUT2D eigenvalue weighted by molar-refractivity contribution is 5.94. The normalized spacial score (nSPS) is 11.3. The third-order valence-corrected chi connectivity index (χ3v) is 2.61. The van der Waals surface area contributed by atoms with Crippen LogP contribution in [0.3, 0.4) is 0 Å². The molecule has 1 unspecified atom stereocenters. The van der Waals surface area contributed by atoms with E-state index >= 15 is 0 Å². The molecule has 1 aromatic carbocycles. The lowest BCUT2D eigenvalue weighted by atomic mass is 10.0. The highest BCUT2D eigenvalue weighted by Gasteiger charge is 2.18. The van der Waals surface area contributed by atoms with Crippen LogP contribution in [0.2, 0.25) is 0 Å². The second-order valence-electron chi connectivity index (χ2n) is 4.54. The van der Waals surface area contributed by atoms with Gasteiger partial charge in [-0.2, -0.15) is 0 Å². The van der Waals surface area contributed by atoms with Gasteiger partial charge in [0.15, 0.2) is 0 Å². The monoisotopic (exact) mass is 259 g/mol. The molecule has 0 aliphatic rings. The highest BCUT2D eigenvalue weighted by atomic mass is 16.4. The number of rotatable bonds is 4. The van der Waals surface area contributed by atoms with Gasteiger partial charge in [0.2, 0.25) is 0 Å². The molecule has 0 aromatic heterocycles. The standard InChI is InChI=1S/C15H17NO3/c1-11(2)13(10-15(18)19)16-14(17)9-8-12-6-4-3-5-7-12/h3-7,11,13H,10H2,1-2H3,(H,16,17)(H,18,19). The van der Waals surface area contributed by atoms with Crippen molar-refractivity contribution in [3.63, 3.8) is 0 Å². The Morgan fingerprint density at radius 1 is 1.26 bits per heavy atom. The first-order chi connectivity index (χ1) is 8.99. The number of carboxylic acids is 1. The van der Waals surface area contributed by atoms with E-state index in [1.807, 2.05) is 32.0 Å². The maximum absolute atomic E-state index is 11.6. The summed E-state index contributed by atoms with van der Waals surface area (Å²) in [5.74, 6) is 3.85. The van der Waals surface area contributed by atoms with E-state index in [0.717, 1.165) is 5.56 Å². The molecule has 0 spiro atoms. The number of nitrogens with one attached hydrogen (secondary N) is 1. The van der Waals surface area contributed by atoms with Crippen molar-refractivity contribution in [3.05, 3.63) is 35.9 Å². The third-order valence-electron chi connectivity index (χ3n) is 2.61. The quantitative estimate of drug-likeness (QED) is 0.808. The van der Waals surface area contributed by atoms with Gasteiger partial charge in [-0.1, -0.05) is 38.0 Å². The van der Waals surface area contributed by atoms with Gasteiger partial charge in [-0.15, -0.1) is 0 Å². The van der Waals surface area contributed by atoms with Crippen molar-refractivity contribution in [3.8, 4) is 11.8 Å². The molecule has 0 saturated carbocycles. The molecule has 0 radical (unpaired) electrons. The summed E-state index contributed by atoms with van der Waals surface area (Å²) < 4.78 is 0. The molecular formula is C15H17NO3. The average Bonchev–Trinajstić information content (AvgIpc) is 2.36. The topological polar surface area (TPSA) is 66.4 Å². The van der Waals surface area contributed by atoms with Gasteiger partial charge in [-0.3, -0.25) is 9.59 Å². The van der Waals surface area contributed by atoms with Gasteiger partial charge in [0.1, 0.15) is 0 Å². The zero-order chi connectivity index (χ0) is 14.3. The van der Waals surface area contributed by atoms with Crippen molar-refractivity contribution in [2.45, 2.75) is 26.3 Å². The van der Waals surface area contributed by atoms with Crippen LogP contribution in [0.4, 0.5) is 0 Å². The molecule has 0 bridgehead atoms. The number of aliphatic carboxylic acids is 1. The third kappa shape index (κ3) is 5.73. The molecular weight excluding hydrogens is 242 g/mol. The molecule has 1 amide bonds. The summed E-state index contributed by atoms with van der Waals surface area (Å²) in [7, 11) is 0. The minimum Gasteiger partial charge on any atom is -0.481 e. The maximum Gasteiger partial charge on any atom is 0.305 e. The predicted molar refractivity (Wildman–Crippen MR) is 72.3 cm³/mol. The zero-order valence-electron chi connectivity index (χ0n) is 11.0. The number of benzene rings is 1. The summed E-state index contributed by atoms with van der Waals surface area (Å²) in [5, 5.41) is 11.4. The summed E-state index contributed by atoms with van der Waals surface area (Å²) in [6.45, 7) is 3.72. The fourth-order valence-corrected chi connectivity index (χ4v) is 1.50. The smallest absolute Gasteiger partial charge is 0.305 e. The first-order valence-corrected chi connectivity index (χ1v) is 6.08. The van der Waals surface area contributed by atoms with E-state index in [2.05, 4.69) is 17.2 Å². The van der Waals surface area contributed by atoms with Gasteiger partial charge in [0, 0.05) is 17.5 Å². The first-order valence-electron chi connectivity index (χ1n) is 6.08. The SMILES string of the molecule is CC(C)C(CC(=O)O)NC(=O)C#Cc1ccccc1. The Kier molecular flexibility index (Phi) is 5.62. The maximum atomic E-state index is 11.6. The summed E-state index contributed by atoms with van der Waals surface area (Å²) in [6, 6.07) is 8.74. The number of carbonyl (C=O) groups excluding carboxylic acids is 1. The summed E-state index contributed by atoms with van der Waals surface area (Å²) in [4.78, 5) is 22.3. The van der Waals surface area contributed by atoms with Crippen LogP contribution in [0.25, 0.3) is 0 Å². The lowest BCUT2D eigenvalue weighted by Gasteiger charge is -2.18. The first kappa shape index (κ1) is 14.8. The van der Waals surface area contributed by atoms with Gasteiger partial charge in [0.05, 0.1) is 6.42 Å². The van der Waals surface area contributed by atoms with E-state index in [1.165, 1.54) is 0 Å². The molecule has 2 N–H and O–H groups in total. The number of carboxylic acid groups (broad SMARTS) is 1.